The number of rotatable bonds is 3. The zero-order valence-electron chi connectivity index (χ0n) is 17.8. The van der Waals surface area contributed by atoms with E-state index < -0.39 is 12.0 Å². The summed E-state index contributed by atoms with van der Waals surface area (Å²) in [6.45, 7) is 1.81. The molecule has 1 aliphatic heterocycles. The maximum atomic E-state index is 13.9. The van der Waals surface area contributed by atoms with Gasteiger partial charge in [0.25, 0.3) is 0 Å². The van der Waals surface area contributed by atoms with Gasteiger partial charge in [0.05, 0.1) is 41.5 Å². The van der Waals surface area contributed by atoms with Crippen LogP contribution in [0.2, 0.25) is 0 Å². The van der Waals surface area contributed by atoms with Gasteiger partial charge in [-0.1, -0.05) is 0 Å². The van der Waals surface area contributed by atoms with Crippen LogP contribution in [0.25, 0.3) is 33.5 Å². The largest absolute Gasteiger partial charge is 0.494 e. The summed E-state index contributed by atoms with van der Waals surface area (Å²) >= 11 is 0. The van der Waals surface area contributed by atoms with E-state index in [2.05, 4.69) is 30.2 Å². The van der Waals surface area contributed by atoms with E-state index in [0.29, 0.717) is 34.0 Å². The highest BCUT2D eigenvalue weighted by Crippen LogP contribution is 2.42. The van der Waals surface area contributed by atoms with E-state index in [-0.39, 0.29) is 11.4 Å². The second-order valence-corrected chi connectivity index (χ2v) is 7.62. The van der Waals surface area contributed by atoms with Crippen molar-refractivity contribution in [1.29, 1.82) is 0 Å². The summed E-state index contributed by atoms with van der Waals surface area (Å²) in [5.74, 6) is -1.45. The number of alkyl halides is 2. The topological polar surface area (TPSA) is 108 Å². The van der Waals surface area contributed by atoms with Gasteiger partial charge >= 0.3 is 12.0 Å². The van der Waals surface area contributed by atoms with Crippen molar-refractivity contribution in [3.8, 4) is 28.4 Å². The minimum Gasteiger partial charge on any atom is -0.494 e. The van der Waals surface area contributed by atoms with E-state index in [0.717, 1.165) is 10.9 Å². The predicted molar refractivity (Wildman–Crippen MR) is 116 cm³/mol. The zero-order chi connectivity index (χ0) is 23.6. The molecule has 1 aliphatic rings. The van der Waals surface area contributed by atoms with Crippen LogP contribution in [-0.2, 0) is 4.79 Å². The van der Waals surface area contributed by atoms with Crippen LogP contribution in [0.1, 0.15) is 5.69 Å². The molecule has 6 rings (SSSR count). The summed E-state index contributed by atoms with van der Waals surface area (Å²) in [6.07, 6.45) is 2.81. The molecule has 1 N–H and O–H groups in total. The number of hydrogen-bond donors (Lipinski definition) is 1. The average molecular weight is 463 g/mol. The van der Waals surface area contributed by atoms with Crippen LogP contribution in [0.3, 0.4) is 0 Å². The number of amides is 1. The standard InChI is InChI=1S/C22H15F2N7O3/c1-11-12-9-26-14(13-10-27-30-5-3-4-25-20(13)30)6-16(12)31(29-11)17-8-18-15(7-19(17)33-2)28-21(32)22(23,24)34-18/h3-10H,1-2H3,(H,28,32). The lowest BCUT2D eigenvalue weighted by molar-refractivity contribution is -0.189. The molecule has 0 bridgehead atoms. The van der Waals surface area contributed by atoms with Gasteiger partial charge in [0.15, 0.2) is 11.4 Å². The number of nitrogens with one attached hydrogen (secondary N) is 1. The average Bonchev–Trinajstić information content (AvgIpc) is 3.40. The number of carbonyl (C=O) groups is 1. The number of hydrogen-bond acceptors (Lipinski definition) is 7. The molecule has 0 saturated heterocycles. The Morgan fingerprint density at radius 2 is 2.03 bits per heavy atom. The van der Waals surface area contributed by atoms with Gasteiger partial charge in [-0.3, -0.25) is 9.78 Å². The summed E-state index contributed by atoms with van der Waals surface area (Å²) in [4.78, 5) is 20.5. The highest BCUT2D eigenvalue weighted by Gasteiger charge is 2.46. The van der Waals surface area contributed by atoms with E-state index >= 15 is 0 Å². The highest BCUT2D eigenvalue weighted by molar-refractivity contribution is 5.99. The molecule has 0 radical (unpaired) electrons. The number of halogens is 2. The van der Waals surface area contributed by atoms with Gasteiger partial charge in [-0.2, -0.15) is 19.0 Å². The maximum Gasteiger partial charge on any atom is 0.482 e. The van der Waals surface area contributed by atoms with Gasteiger partial charge in [0.2, 0.25) is 0 Å². The Morgan fingerprint density at radius 1 is 1.18 bits per heavy atom. The SMILES string of the molecule is COc1cc2c(cc1-n1nc(C)c3cnc(-c4cnn5cccnc45)cc31)OC(F)(F)C(=O)N2. The Labute approximate surface area is 189 Å². The zero-order valence-corrected chi connectivity index (χ0v) is 17.8. The van der Waals surface area contributed by atoms with E-state index in [1.165, 1.54) is 19.2 Å². The molecule has 0 saturated carbocycles. The third kappa shape index (κ3) is 2.88. The summed E-state index contributed by atoms with van der Waals surface area (Å²) in [7, 11) is 1.43. The molecule has 0 atom stereocenters. The van der Waals surface area contributed by atoms with Gasteiger partial charge in [0, 0.05) is 36.1 Å². The molecule has 1 aromatic carbocycles. The molecule has 12 heteroatoms. The summed E-state index contributed by atoms with van der Waals surface area (Å²) in [6, 6.07) is 6.36. The second kappa shape index (κ2) is 6.94. The van der Waals surface area contributed by atoms with Crippen LogP contribution in [0, 0.1) is 6.92 Å². The molecule has 0 fully saturated rings. The predicted octanol–water partition coefficient (Wildman–Crippen LogP) is 3.37. The molecule has 170 valence electrons. The monoisotopic (exact) mass is 463 g/mol. The number of ether oxygens (including phenoxy) is 2. The first kappa shape index (κ1) is 20.0. The number of methoxy groups -OCH3 is 1. The maximum absolute atomic E-state index is 13.9. The smallest absolute Gasteiger partial charge is 0.482 e. The first-order chi connectivity index (χ1) is 16.4. The molecular formula is C22H15F2N7O3. The molecule has 1 amide bonds. The first-order valence-electron chi connectivity index (χ1n) is 10.1. The van der Waals surface area contributed by atoms with Crippen molar-refractivity contribution in [2.24, 2.45) is 0 Å². The Bertz CT molecular complexity index is 1630. The van der Waals surface area contributed by atoms with Crippen molar-refractivity contribution < 1.29 is 23.0 Å². The number of aromatic nitrogens is 6. The van der Waals surface area contributed by atoms with Crippen LogP contribution in [-0.4, -0.2) is 48.5 Å². The number of benzene rings is 1. The number of anilines is 1. The van der Waals surface area contributed by atoms with E-state index in [4.69, 9.17) is 4.74 Å². The number of nitrogens with zero attached hydrogens (tertiary/aromatic N) is 6. The van der Waals surface area contributed by atoms with Crippen molar-refractivity contribution in [2.45, 2.75) is 13.0 Å². The molecule has 10 nitrogen and oxygen atoms in total. The Morgan fingerprint density at radius 3 is 2.85 bits per heavy atom. The Hall–Kier alpha value is -4.61. The lowest BCUT2D eigenvalue weighted by Gasteiger charge is -2.26. The Balaban J connectivity index is 1.55. The second-order valence-electron chi connectivity index (χ2n) is 7.62. The summed E-state index contributed by atoms with van der Waals surface area (Å²) in [5, 5.41) is 11.8. The van der Waals surface area contributed by atoms with Gasteiger partial charge in [-0.25, -0.2) is 14.2 Å². The van der Waals surface area contributed by atoms with Crippen LogP contribution < -0.4 is 14.8 Å². The lowest BCUT2D eigenvalue weighted by atomic mass is 10.1. The van der Waals surface area contributed by atoms with Crippen molar-refractivity contribution in [3.63, 3.8) is 0 Å². The molecule has 5 heterocycles. The molecule has 4 aromatic heterocycles. The molecule has 0 unspecified atom stereocenters. The fourth-order valence-corrected chi connectivity index (χ4v) is 3.94. The van der Waals surface area contributed by atoms with Crippen molar-refractivity contribution >= 4 is 28.1 Å². The third-order valence-electron chi connectivity index (χ3n) is 5.57. The summed E-state index contributed by atoms with van der Waals surface area (Å²) < 4.78 is 41.1. The van der Waals surface area contributed by atoms with E-state index in [1.807, 2.05) is 13.0 Å². The number of fused-ring (bicyclic) bond motifs is 3. The molecule has 0 spiro atoms. The first-order valence-corrected chi connectivity index (χ1v) is 10.1. The van der Waals surface area contributed by atoms with Gasteiger partial charge in [-0.05, 0) is 19.1 Å². The molecule has 0 aliphatic carbocycles. The highest BCUT2D eigenvalue weighted by atomic mass is 19.3. The van der Waals surface area contributed by atoms with Crippen molar-refractivity contribution in [1.82, 2.24) is 29.4 Å². The van der Waals surface area contributed by atoms with Crippen molar-refractivity contribution in [2.75, 3.05) is 12.4 Å². The molecular weight excluding hydrogens is 448 g/mol. The number of carbonyl (C=O) groups excluding carboxylic acids is 1. The van der Waals surface area contributed by atoms with Crippen LogP contribution in [0.15, 0.2) is 49.1 Å². The van der Waals surface area contributed by atoms with Crippen LogP contribution >= 0.6 is 0 Å². The van der Waals surface area contributed by atoms with E-state index in [1.54, 1.807) is 40.1 Å². The quantitative estimate of drug-likeness (QED) is 0.437. The third-order valence-corrected chi connectivity index (χ3v) is 5.57. The Kier molecular flexibility index (Phi) is 4.09. The molecule has 34 heavy (non-hydrogen) atoms. The summed E-state index contributed by atoms with van der Waals surface area (Å²) in [5.41, 5.74) is 3.71. The minimum atomic E-state index is -3.99. The van der Waals surface area contributed by atoms with Crippen molar-refractivity contribution in [3.05, 3.63) is 54.7 Å². The van der Waals surface area contributed by atoms with Gasteiger partial charge < -0.3 is 14.8 Å². The number of pyridine rings is 1. The lowest BCUT2D eigenvalue weighted by Crippen LogP contribution is -2.43. The fraction of sp³-hybridized carbons (Fsp3) is 0.136. The van der Waals surface area contributed by atoms with E-state index in [9.17, 15) is 13.6 Å². The number of aryl methyl sites for hydroxylation is 1. The van der Waals surface area contributed by atoms with Crippen LogP contribution in [0.4, 0.5) is 14.5 Å². The molecule has 5 aromatic rings. The van der Waals surface area contributed by atoms with Gasteiger partial charge in [0.1, 0.15) is 11.4 Å². The van der Waals surface area contributed by atoms with Crippen LogP contribution in [0.5, 0.6) is 11.5 Å². The normalized spacial score (nSPS) is 14.6. The van der Waals surface area contributed by atoms with Gasteiger partial charge in [-0.15, -0.1) is 0 Å². The minimum absolute atomic E-state index is 0.0736. The fourth-order valence-electron chi connectivity index (χ4n) is 3.94.